The van der Waals surface area contributed by atoms with E-state index in [1.165, 1.54) is 0 Å². The van der Waals surface area contributed by atoms with Gasteiger partial charge in [-0.05, 0) is 50.2 Å². The summed E-state index contributed by atoms with van der Waals surface area (Å²) in [6.45, 7) is 0.278. The highest BCUT2D eigenvalue weighted by Crippen LogP contribution is 2.14. The van der Waals surface area contributed by atoms with Gasteiger partial charge in [0, 0.05) is 37.3 Å². The van der Waals surface area contributed by atoms with E-state index in [9.17, 15) is 39.0 Å². The summed E-state index contributed by atoms with van der Waals surface area (Å²) in [5, 5.41) is 39.9. The number of benzene rings is 1. The van der Waals surface area contributed by atoms with Gasteiger partial charge in [0.1, 0.15) is 12.1 Å². The number of carbonyl (C=O) groups is 6. The average molecular weight is 591 g/mol. The van der Waals surface area contributed by atoms with Gasteiger partial charge in [0.05, 0.1) is 25.3 Å². The van der Waals surface area contributed by atoms with Gasteiger partial charge in [-0.3, -0.25) is 28.8 Å². The molecule has 230 valence electrons. The molecular formula is C26H38N8O8. The number of rotatable bonds is 16. The number of hydrogen-bond donors (Lipinski definition) is 10. The molecule has 3 rings (SSSR count). The van der Waals surface area contributed by atoms with E-state index < -0.39 is 37.1 Å². The summed E-state index contributed by atoms with van der Waals surface area (Å²) in [5.74, 6) is -2.69. The van der Waals surface area contributed by atoms with Crippen molar-refractivity contribution in [1.29, 1.82) is 0 Å². The van der Waals surface area contributed by atoms with Crippen molar-refractivity contribution in [3.63, 3.8) is 0 Å². The predicted molar refractivity (Wildman–Crippen MR) is 150 cm³/mol. The fraction of sp³-hybridized carbons (Fsp3) is 0.538. The molecule has 2 saturated heterocycles. The van der Waals surface area contributed by atoms with Crippen LogP contribution >= 0.6 is 0 Å². The number of carbonyl (C=O) groups excluding carboxylic acids is 6. The Morgan fingerprint density at radius 3 is 1.33 bits per heavy atom. The Labute approximate surface area is 242 Å². The number of anilines is 2. The van der Waals surface area contributed by atoms with Gasteiger partial charge in [0.15, 0.2) is 0 Å². The molecule has 0 spiro atoms. The first-order valence-corrected chi connectivity index (χ1v) is 13.7. The molecule has 6 amide bonds. The van der Waals surface area contributed by atoms with Gasteiger partial charge in [0.2, 0.25) is 35.4 Å². The summed E-state index contributed by atoms with van der Waals surface area (Å²) in [6.07, 6.45) is 1.22. The minimum Gasteiger partial charge on any atom is -0.394 e. The fourth-order valence-corrected chi connectivity index (χ4v) is 3.89. The lowest BCUT2D eigenvalue weighted by molar-refractivity contribution is -0.132. The Morgan fingerprint density at radius 2 is 1.05 bits per heavy atom. The van der Waals surface area contributed by atoms with Crippen molar-refractivity contribution >= 4 is 46.8 Å². The second kappa shape index (κ2) is 16.4. The van der Waals surface area contributed by atoms with Crippen LogP contribution in [0.25, 0.3) is 0 Å². The zero-order valence-corrected chi connectivity index (χ0v) is 23.0. The van der Waals surface area contributed by atoms with Crippen molar-refractivity contribution in [1.82, 2.24) is 31.9 Å². The van der Waals surface area contributed by atoms with Gasteiger partial charge >= 0.3 is 0 Å². The van der Waals surface area contributed by atoms with Gasteiger partial charge in [-0.25, -0.2) is 0 Å². The van der Waals surface area contributed by atoms with E-state index in [2.05, 4.69) is 42.5 Å². The average Bonchev–Trinajstić information content (AvgIpc) is 2.89. The second-order valence-corrected chi connectivity index (χ2v) is 9.83. The van der Waals surface area contributed by atoms with Crippen molar-refractivity contribution < 1.29 is 39.0 Å². The first kappa shape index (κ1) is 32.4. The van der Waals surface area contributed by atoms with E-state index in [0.29, 0.717) is 24.2 Å². The molecule has 2 fully saturated rings. The minimum atomic E-state index is -1.11. The fourth-order valence-electron chi connectivity index (χ4n) is 3.89. The molecule has 0 bridgehead atoms. The highest BCUT2D eigenvalue weighted by molar-refractivity contribution is 5.94. The van der Waals surface area contributed by atoms with Crippen LogP contribution in [0.15, 0.2) is 24.3 Å². The maximum atomic E-state index is 12.2. The third kappa shape index (κ3) is 10.1. The molecule has 1 aromatic carbocycles. The van der Waals surface area contributed by atoms with E-state index in [4.69, 9.17) is 0 Å². The number of aliphatic hydroxyl groups excluding tert-OH is 2. The van der Waals surface area contributed by atoms with Crippen LogP contribution < -0.4 is 42.5 Å². The van der Waals surface area contributed by atoms with Gasteiger partial charge in [-0.15, -0.1) is 0 Å². The highest BCUT2D eigenvalue weighted by Gasteiger charge is 2.29. The molecule has 2 aliphatic heterocycles. The molecule has 2 aliphatic rings. The molecule has 10 N–H and O–H groups in total. The lowest BCUT2D eigenvalue weighted by Gasteiger charge is -2.28. The van der Waals surface area contributed by atoms with Crippen molar-refractivity contribution in [2.45, 2.75) is 49.9 Å². The molecule has 42 heavy (non-hydrogen) atoms. The molecule has 16 heteroatoms. The first-order chi connectivity index (χ1) is 20.2. The Kier molecular flexibility index (Phi) is 12.6. The van der Waals surface area contributed by atoms with E-state index >= 15 is 0 Å². The van der Waals surface area contributed by atoms with E-state index in [-0.39, 0.29) is 61.6 Å². The molecule has 16 nitrogen and oxygen atoms in total. The lowest BCUT2D eigenvalue weighted by Crippen LogP contribution is -2.58. The number of amides is 6. The van der Waals surface area contributed by atoms with E-state index in [1.807, 2.05) is 0 Å². The normalized spacial score (nSPS) is 18.6. The zero-order chi connectivity index (χ0) is 30.5. The summed E-state index contributed by atoms with van der Waals surface area (Å²) >= 11 is 0. The number of aliphatic hydroxyl groups is 2. The Morgan fingerprint density at radius 1 is 0.690 bits per heavy atom. The summed E-state index contributed by atoms with van der Waals surface area (Å²) in [4.78, 5) is 72.7. The SMILES string of the molecule is O=C(CCNC(=O)[C@H](CO)NC(=O)C1CCN1)Nc1ccc(NC(=O)CCNC(=O)[C@H](CO)NC(=O)C2CCN2)cc1. The molecule has 0 saturated carbocycles. The molecule has 0 radical (unpaired) electrons. The van der Waals surface area contributed by atoms with Crippen LogP contribution in [0.1, 0.15) is 25.7 Å². The van der Waals surface area contributed by atoms with Crippen LogP contribution in [0, 0.1) is 0 Å². The first-order valence-electron chi connectivity index (χ1n) is 13.7. The molecule has 2 heterocycles. The van der Waals surface area contributed by atoms with E-state index in [0.717, 1.165) is 13.1 Å². The Balaban J connectivity index is 1.30. The highest BCUT2D eigenvalue weighted by atomic mass is 16.3. The van der Waals surface area contributed by atoms with Gasteiger partial charge in [-0.2, -0.15) is 0 Å². The minimum absolute atomic E-state index is 0.00740. The topological polar surface area (TPSA) is 239 Å². The monoisotopic (exact) mass is 590 g/mol. The van der Waals surface area contributed by atoms with Crippen LogP contribution in [-0.2, 0) is 28.8 Å². The second-order valence-electron chi connectivity index (χ2n) is 9.83. The van der Waals surface area contributed by atoms with Crippen LogP contribution in [-0.4, -0.2) is 109 Å². The van der Waals surface area contributed by atoms with Gasteiger partial charge in [0.25, 0.3) is 0 Å². The summed E-state index contributed by atoms with van der Waals surface area (Å²) in [5.41, 5.74) is 0.915. The van der Waals surface area contributed by atoms with Gasteiger partial charge in [-0.1, -0.05) is 0 Å². The maximum Gasteiger partial charge on any atom is 0.244 e. The van der Waals surface area contributed by atoms with Crippen molar-refractivity contribution in [3.8, 4) is 0 Å². The van der Waals surface area contributed by atoms with Crippen LogP contribution in [0.5, 0.6) is 0 Å². The van der Waals surface area contributed by atoms with Crippen molar-refractivity contribution in [3.05, 3.63) is 24.3 Å². The number of nitrogens with one attached hydrogen (secondary N) is 8. The van der Waals surface area contributed by atoms with Crippen molar-refractivity contribution in [2.24, 2.45) is 0 Å². The third-order valence-corrected chi connectivity index (χ3v) is 6.67. The van der Waals surface area contributed by atoms with E-state index in [1.54, 1.807) is 24.3 Å². The number of hydrogen-bond acceptors (Lipinski definition) is 10. The predicted octanol–water partition coefficient (Wildman–Crippen LogP) is -3.75. The summed E-state index contributed by atoms with van der Waals surface area (Å²) in [6, 6.07) is 3.34. The van der Waals surface area contributed by atoms with Crippen molar-refractivity contribution in [2.75, 3.05) is 50.0 Å². The standard InChI is InChI=1S/C26H38N8O8/c35-13-19(33-25(41)17-5-9-27-17)23(39)29-11-7-21(37)31-15-1-2-16(4-3-15)32-22(38)8-12-30-24(40)20(14-36)34-26(42)18-6-10-28-18/h1-4,17-20,27-28,35-36H,5-14H2,(H,29,39)(H,30,40)(H,31,37)(H,32,38)(H,33,41)(H,34,42)/t17?,18?,19-,20-/m0/s1. The Hall–Kier alpha value is -4.12. The lowest BCUT2D eigenvalue weighted by atomic mass is 10.1. The smallest absolute Gasteiger partial charge is 0.244 e. The zero-order valence-electron chi connectivity index (χ0n) is 23.0. The molecule has 2 unspecified atom stereocenters. The largest absolute Gasteiger partial charge is 0.394 e. The molecule has 0 aliphatic carbocycles. The molecule has 1 aromatic rings. The van der Waals surface area contributed by atoms with Crippen LogP contribution in [0.2, 0.25) is 0 Å². The maximum absolute atomic E-state index is 12.2. The van der Waals surface area contributed by atoms with Crippen LogP contribution in [0.3, 0.4) is 0 Å². The summed E-state index contributed by atoms with van der Waals surface area (Å²) in [7, 11) is 0. The molecule has 0 aromatic heterocycles. The summed E-state index contributed by atoms with van der Waals surface area (Å²) < 4.78 is 0. The quantitative estimate of drug-likeness (QED) is 0.0902. The molecule has 4 atom stereocenters. The van der Waals surface area contributed by atoms with Crippen LogP contribution in [0.4, 0.5) is 11.4 Å². The third-order valence-electron chi connectivity index (χ3n) is 6.67. The Bertz CT molecular complexity index is 1040. The van der Waals surface area contributed by atoms with Gasteiger partial charge < -0.3 is 52.7 Å². The molecular weight excluding hydrogens is 552 g/mol.